The maximum atomic E-state index is 12.6. The van der Waals surface area contributed by atoms with Crippen LogP contribution in [0.4, 0.5) is 5.82 Å². The lowest BCUT2D eigenvalue weighted by Gasteiger charge is -2.34. The van der Waals surface area contributed by atoms with Crippen LogP contribution in [0.25, 0.3) is 10.9 Å². The van der Waals surface area contributed by atoms with Gasteiger partial charge in [-0.2, -0.15) is 0 Å². The summed E-state index contributed by atoms with van der Waals surface area (Å²) in [7, 11) is 1.74. The molecular formula is C28H34N4O3. The predicted octanol–water partition coefficient (Wildman–Crippen LogP) is 4.64. The van der Waals surface area contributed by atoms with Crippen LogP contribution in [0, 0.1) is 0 Å². The van der Waals surface area contributed by atoms with E-state index in [1.807, 2.05) is 30.3 Å². The predicted molar refractivity (Wildman–Crippen MR) is 137 cm³/mol. The number of aromatic nitrogens is 2. The highest BCUT2D eigenvalue weighted by Gasteiger charge is 2.34. The normalized spacial score (nSPS) is 18.3. The summed E-state index contributed by atoms with van der Waals surface area (Å²) in [5.41, 5.74) is 8.08. The molecule has 1 saturated carbocycles. The number of piperidine rings is 1. The number of carbonyl (C=O) groups excluding carboxylic acids is 1. The average molecular weight is 475 g/mol. The monoisotopic (exact) mass is 474 g/mol. The van der Waals surface area contributed by atoms with E-state index in [1.165, 1.54) is 5.56 Å². The molecule has 0 amide bonds. The Hall–Kier alpha value is -3.19. The molecule has 0 radical (unpaired) electrons. The van der Waals surface area contributed by atoms with Gasteiger partial charge in [0.1, 0.15) is 22.9 Å². The maximum absolute atomic E-state index is 12.6. The minimum atomic E-state index is -1.24. The number of methoxy groups -OCH3 is 1. The Bertz CT molecular complexity index is 1230. The first-order valence-corrected chi connectivity index (χ1v) is 12.6. The number of esters is 1. The zero-order valence-electron chi connectivity index (χ0n) is 20.8. The van der Waals surface area contributed by atoms with Crippen molar-refractivity contribution in [3.8, 4) is 5.75 Å². The minimum absolute atomic E-state index is 0.291. The summed E-state index contributed by atoms with van der Waals surface area (Å²) in [4.78, 5) is 24.9. The fourth-order valence-electron chi connectivity index (χ4n) is 5.02. The standard InChI is InChI=1S/C28H34N4O3/c1-4-35-27(33)28(2,29)20-11-12-23-22(17-20)26(31-25(30-23)19-9-10-19)32-15-13-18(14-16-32)21-7-5-6-8-24(21)34-3/h5-8,11-12,17-19H,4,9-10,13-16,29H2,1-3H3. The summed E-state index contributed by atoms with van der Waals surface area (Å²) in [5, 5.41) is 0.934. The third-order valence-corrected chi connectivity index (χ3v) is 7.31. The Morgan fingerprint density at radius 2 is 1.83 bits per heavy atom. The molecule has 2 aliphatic rings. The number of fused-ring (bicyclic) bond motifs is 1. The van der Waals surface area contributed by atoms with E-state index in [0.717, 1.165) is 67.1 Å². The number of nitrogens with zero attached hydrogens (tertiary/aromatic N) is 3. The van der Waals surface area contributed by atoms with Gasteiger partial charge in [-0.15, -0.1) is 0 Å². The van der Waals surface area contributed by atoms with Gasteiger partial charge in [0.25, 0.3) is 0 Å². The molecule has 2 N–H and O–H groups in total. The van der Waals surface area contributed by atoms with Crippen LogP contribution in [0.1, 0.15) is 68.3 Å². The Labute approximate surface area is 206 Å². The van der Waals surface area contributed by atoms with Gasteiger partial charge in [0.2, 0.25) is 0 Å². The van der Waals surface area contributed by atoms with Gasteiger partial charge in [-0.05, 0) is 74.8 Å². The molecule has 2 aromatic carbocycles. The van der Waals surface area contributed by atoms with Gasteiger partial charge in [0, 0.05) is 24.4 Å². The number of carbonyl (C=O) groups is 1. The molecule has 1 saturated heterocycles. The van der Waals surface area contributed by atoms with Crippen molar-refractivity contribution in [3.05, 3.63) is 59.4 Å². The Morgan fingerprint density at radius 3 is 2.51 bits per heavy atom. The lowest BCUT2D eigenvalue weighted by atomic mass is 9.88. The number of hydrogen-bond acceptors (Lipinski definition) is 7. The van der Waals surface area contributed by atoms with Crippen molar-refractivity contribution < 1.29 is 14.3 Å². The first-order valence-electron chi connectivity index (χ1n) is 12.6. The molecule has 35 heavy (non-hydrogen) atoms. The molecule has 1 unspecified atom stereocenters. The molecule has 1 atom stereocenters. The van der Waals surface area contributed by atoms with Crippen LogP contribution < -0.4 is 15.4 Å². The molecule has 0 spiro atoms. The molecule has 2 fully saturated rings. The summed E-state index contributed by atoms with van der Waals surface area (Å²) in [6.07, 6.45) is 4.31. The van der Waals surface area contributed by atoms with Crippen molar-refractivity contribution in [2.75, 3.05) is 31.7 Å². The smallest absolute Gasteiger partial charge is 0.330 e. The second-order valence-corrected chi connectivity index (χ2v) is 9.84. The first-order chi connectivity index (χ1) is 16.9. The van der Waals surface area contributed by atoms with Gasteiger partial charge in [-0.25, -0.2) is 14.8 Å². The Morgan fingerprint density at radius 1 is 1.09 bits per heavy atom. The van der Waals surface area contributed by atoms with E-state index >= 15 is 0 Å². The van der Waals surface area contributed by atoms with E-state index in [9.17, 15) is 4.79 Å². The number of benzene rings is 2. The zero-order valence-corrected chi connectivity index (χ0v) is 20.8. The van der Waals surface area contributed by atoms with Gasteiger partial charge in [-0.1, -0.05) is 24.3 Å². The van der Waals surface area contributed by atoms with Crippen LogP contribution in [0.15, 0.2) is 42.5 Å². The number of nitrogens with two attached hydrogens (primary N) is 1. The van der Waals surface area contributed by atoms with E-state index in [0.29, 0.717) is 24.0 Å². The quantitative estimate of drug-likeness (QED) is 0.499. The minimum Gasteiger partial charge on any atom is -0.496 e. The van der Waals surface area contributed by atoms with Crippen LogP contribution in [0.3, 0.4) is 0 Å². The summed E-state index contributed by atoms with van der Waals surface area (Å²) < 4.78 is 10.8. The first kappa shape index (κ1) is 23.5. The molecule has 2 heterocycles. The van der Waals surface area contributed by atoms with E-state index < -0.39 is 11.5 Å². The van der Waals surface area contributed by atoms with Crippen molar-refractivity contribution in [1.82, 2.24) is 9.97 Å². The van der Waals surface area contributed by atoms with E-state index in [4.69, 9.17) is 25.2 Å². The fraction of sp³-hybridized carbons (Fsp3) is 0.464. The largest absolute Gasteiger partial charge is 0.496 e. The molecule has 5 rings (SSSR count). The summed E-state index contributed by atoms with van der Waals surface area (Å²) in [6, 6.07) is 14.1. The maximum Gasteiger partial charge on any atom is 0.330 e. The van der Waals surface area contributed by atoms with Crippen molar-refractivity contribution in [2.45, 2.75) is 56.9 Å². The highest BCUT2D eigenvalue weighted by Crippen LogP contribution is 2.41. The topological polar surface area (TPSA) is 90.6 Å². The number of hydrogen-bond donors (Lipinski definition) is 1. The second kappa shape index (κ2) is 9.46. The van der Waals surface area contributed by atoms with Crippen molar-refractivity contribution in [3.63, 3.8) is 0 Å². The molecular weight excluding hydrogens is 440 g/mol. The van der Waals surface area contributed by atoms with Gasteiger partial charge in [-0.3, -0.25) is 0 Å². The number of para-hydroxylation sites is 1. The second-order valence-electron chi connectivity index (χ2n) is 9.84. The molecule has 1 aromatic heterocycles. The van der Waals surface area contributed by atoms with Crippen LogP contribution in [-0.2, 0) is 15.1 Å². The third-order valence-electron chi connectivity index (χ3n) is 7.31. The summed E-state index contributed by atoms with van der Waals surface area (Å²) in [6.45, 7) is 5.56. The van der Waals surface area contributed by atoms with Crippen molar-refractivity contribution >= 4 is 22.7 Å². The molecule has 7 heteroatoms. The van der Waals surface area contributed by atoms with Crippen molar-refractivity contribution in [1.29, 1.82) is 0 Å². The van der Waals surface area contributed by atoms with E-state index in [-0.39, 0.29) is 0 Å². The third kappa shape index (κ3) is 4.57. The van der Waals surface area contributed by atoms with Crippen LogP contribution in [0.5, 0.6) is 5.75 Å². The van der Waals surface area contributed by atoms with Gasteiger partial charge >= 0.3 is 5.97 Å². The lowest BCUT2D eigenvalue weighted by Crippen LogP contribution is -2.43. The number of ether oxygens (including phenoxy) is 2. The Kier molecular flexibility index (Phi) is 6.36. The molecule has 1 aliphatic carbocycles. The summed E-state index contributed by atoms with van der Waals surface area (Å²) >= 11 is 0. The van der Waals surface area contributed by atoms with E-state index in [1.54, 1.807) is 21.0 Å². The van der Waals surface area contributed by atoms with E-state index in [2.05, 4.69) is 17.0 Å². The molecule has 184 valence electrons. The van der Waals surface area contributed by atoms with Gasteiger partial charge in [0.05, 0.1) is 19.2 Å². The van der Waals surface area contributed by atoms with Gasteiger partial charge < -0.3 is 20.1 Å². The number of anilines is 1. The highest BCUT2D eigenvalue weighted by atomic mass is 16.5. The summed E-state index contributed by atoms with van der Waals surface area (Å²) in [5.74, 6) is 3.28. The fourth-order valence-corrected chi connectivity index (χ4v) is 5.02. The lowest BCUT2D eigenvalue weighted by molar-refractivity contribution is -0.149. The zero-order chi connectivity index (χ0) is 24.6. The van der Waals surface area contributed by atoms with Gasteiger partial charge in [0.15, 0.2) is 0 Å². The van der Waals surface area contributed by atoms with Crippen LogP contribution in [-0.4, -0.2) is 42.7 Å². The molecule has 7 nitrogen and oxygen atoms in total. The molecule has 1 aliphatic heterocycles. The molecule has 3 aromatic rings. The SMILES string of the molecule is CCOC(=O)C(C)(N)c1ccc2nc(C3CC3)nc(N3CCC(c4ccccc4OC)CC3)c2c1. The highest BCUT2D eigenvalue weighted by molar-refractivity contribution is 5.92. The van der Waals surface area contributed by atoms with Crippen LogP contribution in [0.2, 0.25) is 0 Å². The Balaban J connectivity index is 1.48. The molecule has 0 bridgehead atoms. The van der Waals surface area contributed by atoms with Crippen LogP contribution >= 0.6 is 0 Å². The number of rotatable bonds is 7. The average Bonchev–Trinajstić information content (AvgIpc) is 3.73. The van der Waals surface area contributed by atoms with Crippen molar-refractivity contribution in [2.24, 2.45) is 5.73 Å².